The molecule has 14 heavy (non-hydrogen) atoms. The number of alkyl halides is 3. The predicted molar refractivity (Wildman–Crippen MR) is 44.4 cm³/mol. The normalized spacial score (nSPS) is 10.8. The van der Waals surface area contributed by atoms with Gasteiger partial charge in [0.15, 0.2) is 5.69 Å². The first-order valence-corrected chi connectivity index (χ1v) is 3.73. The van der Waals surface area contributed by atoms with Crippen molar-refractivity contribution < 1.29 is 17.9 Å². The van der Waals surface area contributed by atoms with Crippen LogP contribution in [0.25, 0.3) is 4.85 Å². The highest BCUT2D eigenvalue weighted by Gasteiger charge is 2.31. The van der Waals surface area contributed by atoms with E-state index >= 15 is 0 Å². The summed E-state index contributed by atoms with van der Waals surface area (Å²) < 4.78 is 38.9. The Morgan fingerprint density at radius 3 is 2.43 bits per heavy atom. The van der Waals surface area contributed by atoms with E-state index in [-0.39, 0.29) is 10.7 Å². The highest BCUT2D eigenvalue weighted by molar-refractivity contribution is 6.32. The summed E-state index contributed by atoms with van der Waals surface area (Å²) in [5, 5.41) is -0.240. The van der Waals surface area contributed by atoms with Crippen LogP contribution in [0.15, 0.2) is 18.2 Å². The third-order valence-corrected chi connectivity index (χ3v) is 1.57. The fourth-order valence-electron chi connectivity index (χ4n) is 0.767. The van der Waals surface area contributed by atoms with Gasteiger partial charge in [0, 0.05) is 0 Å². The van der Waals surface area contributed by atoms with Gasteiger partial charge in [0.2, 0.25) is 0 Å². The van der Waals surface area contributed by atoms with Gasteiger partial charge in [0.1, 0.15) is 5.75 Å². The van der Waals surface area contributed by atoms with Gasteiger partial charge in [-0.25, -0.2) is 4.85 Å². The largest absolute Gasteiger partial charge is 0.573 e. The van der Waals surface area contributed by atoms with Crippen LogP contribution in [0, 0.1) is 6.57 Å². The summed E-state index contributed by atoms with van der Waals surface area (Å²) in [6, 6.07) is 3.30. The summed E-state index contributed by atoms with van der Waals surface area (Å²) >= 11 is 5.45. The van der Waals surface area contributed by atoms with Crippen LogP contribution in [-0.2, 0) is 0 Å². The van der Waals surface area contributed by atoms with Crippen molar-refractivity contribution >= 4 is 17.3 Å². The Balaban J connectivity index is 2.97. The summed E-state index contributed by atoms with van der Waals surface area (Å²) in [6.45, 7) is 6.59. The van der Waals surface area contributed by atoms with E-state index in [1.54, 1.807) is 0 Å². The van der Waals surface area contributed by atoms with E-state index in [9.17, 15) is 13.2 Å². The van der Waals surface area contributed by atoms with E-state index in [1.165, 1.54) is 6.07 Å². The van der Waals surface area contributed by atoms with Crippen LogP contribution >= 0.6 is 11.6 Å². The van der Waals surface area contributed by atoms with Gasteiger partial charge < -0.3 is 4.74 Å². The van der Waals surface area contributed by atoms with Crippen molar-refractivity contribution in [2.24, 2.45) is 0 Å². The molecule has 0 aromatic heterocycles. The van der Waals surface area contributed by atoms with Gasteiger partial charge in [0.05, 0.1) is 11.6 Å². The first kappa shape index (κ1) is 10.7. The maximum absolute atomic E-state index is 11.8. The Morgan fingerprint density at radius 1 is 1.36 bits per heavy atom. The lowest BCUT2D eigenvalue weighted by Crippen LogP contribution is -2.17. The van der Waals surface area contributed by atoms with E-state index in [2.05, 4.69) is 9.58 Å². The molecular formula is C8H3ClF3NO. The quantitative estimate of drug-likeness (QED) is 0.658. The highest BCUT2D eigenvalue weighted by Crippen LogP contribution is 2.32. The van der Waals surface area contributed by atoms with Crippen molar-refractivity contribution in [3.8, 4) is 5.75 Å². The fourth-order valence-corrected chi connectivity index (χ4v) is 0.980. The Bertz CT molecular complexity index is 383. The minimum Gasteiger partial charge on any atom is -0.404 e. The van der Waals surface area contributed by atoms with Crippen LogP contribution in [-0.4, -0.2) is 6.36 Å². The van der Waals surface area contributed by atoms with Gasteiger partial charge in [-0.05, 0) is 12.1 Å². The maximum atomic E-state index is 11.8. The molecule has 1 rings (SSSR count). The predicted octanol–water partition coefficient (Wildman–Crippen LogP) is 3.79. The SMILES string of the molecule is [C-]#[N+]c1ccc(OC(F)(F)F)c(Cl)c1. The number of benzene rings is 1. The van der Waals surface area contributed by atoms with Crippen LogP contribution in [0.2, 0.25) is 5.02 Å². The number of ether oxygens (including phenoxy) is 1. The molecule has 6 heteroatoms. The Morgan fingerprint density at radius 2 is 2.00 bits per heavy atom. The standard InChI is InChI=1S/C8H3ClF3NO/c1-13-5-2-3-7(6(9)4-5)14-8(10,11)12/h2-4H. The molecule has 0 aliphatic heterocycles. The first-order valence-electron chi connectivity index (χ1n) is 3.35. The van der Waals surface area contributed by atoms with Gasteiger partial charge in [-0.3, -0.25) is 0 Å². The number of halogens is 4. The highest BCUT2D eigenvalue weighted by atomic mass is 35.5. The molecule has 74 valence electrons. The molecule has 2 nitrogen and oxygen atoms in total. The molecular weight excluding hydrogens is 219 g/mol. The average molecular weight is 222 g/mol. The molecule has 1 aromatic carbocycles. The molecule has 0 fully saturated rings. The number of nitrogens with zero attached hydrogens (tertiary/aromatic N) is 1. The van der Waals surface area contributed by atoms with Gasteiger partial charge in [0.25, 0.3) is 0 Å². The summed E-state index contributed by atoms with van der Waals surface area (Å²) in [5.41, 5.74) is 0.157. The molecule has 0 aliphatic carbocycles. The maximum Gasteiger partial charge on any atom is 0.573 e. The molecule has 0 radical (unpaired) electrons. The van der Waals surface area contributed by atoms with E-state index in [4.69, 9.17) is 18.2 Å². The molecule has 0 saturated carbocycles. The van der Waals surface area contributed by atoms with Gasteiger partial charge in [-0.15, -0.1) is 13.2 Å². The van der Waals surface area contributed by atoms with Crippen molar-refractivity contribution in [1.29, 1.82) is 0 Å². The molecule has 0 heterocycles. The Hall–Kier alpha value is -1.41. The molecule has 0 bridgehead atoms. The zero-order chi connectivity index (χ0) is 10.8. The smallest absolute Gasteiger partial charge is 0.404 e. The summed E-state index contributed by atoms with van der Waals surface area (Å²) in [4.78, 5) is 3.00. The van der Waals surface area contributed by atoms with Crippen LogP contribution < -0.4 is 4.74 Å². The Labute approximate surface area is 82.7 Å². The molecule has 0 spiro atoms. The molecule has 0 unspecified atom stereocenters. The first-order chi connectivity index (χ1) is 6.42. The molecule has 0 amide bonds. The fraction of sp³-hybridized carbons (Fsp3) is 0.125. The molecule has 0 saturated heterocycles. The average Bonchev–Trinajstić information content (AvgIpc) is 2.06. The lowest BCUT2D eigenvalue weighted by molar-refractivity contribution is -0.274. The summed E-state index contributed by atoms with van der Waals surface area (Å²) in [5.74, 6) is -0.508. The van der Waals surface area contributed by atoms with Gasteiger partial charge in [-0.2, -0.15) is 0 Å². The van der Waals surface area contributed by atoms with Crippen LogP contribution in [0.5, 0.6) is 5.75 Å². The van der Waals surface area contributed by atoms with Gasteiger partial charge in [-0.1, -0.05) is 17.7 Å². The van der Waals surface area contributed by atoms with E-state index < -0.39 is 12.1 Å². The molecule has 0 atom stereocenters. The van der Waals surface area contributed by atoms with E-state index in [0.29, 0.717) is 0 Å². The number of rotatable bonds is 1. The topological polar surface area (TPSA) is 13.6 Å². The summed E-state index contributed by atoms with van der Waals surface area (Å²) in [7, 11) is 0. The van der Waals surface area contributed by atoms with Crippen molar-refractivity contribution in [3.63, 3.8) is 0 Å². The molecule has 0 N–H and O–H groups in total. The van der Waals surface area contributed by atoms with Crippen molar-refractivity contribution in [1.82, 2.24) is 0 Å². The zero-order valence-electron chi connectivity index (χ0n) is 6.60. The minimum absolute atomic E-state index is 0.157. The third-order valence-electron chi connectivity index (χ3n) is 1.27. The Kier molecular flexibility index (Phi) is 2.87. The minimum atomic E-state index is -4.77. The lowest BCUT2D eigenvalue weighted by Gasteiger charge is -2.09. The van der Waals surface area contributed by atoms with Crippen molar-refractivity contribution in [2.75, 3.05) is 0 Å². The second-order valence-electron chi connectivity index (χ2n) is 2.27. The van der Waals surface area contributed by atoms with Crippen LogP contribution in [0.3, 0.4) is 0 Å². The van der Waals surface area contributed by atoms with E-state index in [1.807, 2.05) is 0 Å². The lowest BCUT2D eigenvalue weighted by atomic mass is 10.3. The van der Waals surface area contributed by atoms with Gasteiger partial charge >= 0.3 is 6.36 Å². The zero-order valence-corrected chi connectivity index (χ0v) is 7.36. The molecule has 1 aromatic rings. The molecule has 0 aliphatic rings. The van der Waals surface area contributed by atoms with Crippen molar-refractivity contribution in [2.45, 2.75) is 6.36 Å². The van der Waals surface area contributed by atoms with Crippen LogP contribution in [0.4, 0.5) is 18.9 Å². The number of hydrogen-bond acceptors (Lipinski definition) is 1. The monoisotopic (exact) mass is 221 g/mol. The second-order valence-corrected chi connectivity index (χ2v) is 2.68. The third kappa shape index (κ3) is 2.82. The van der Waals surface area contributed by atoms with Crippen molar-refractivity contribution in [3.05, 3.63) is 34.6 Å². The van der Waals surface area contributed by atoms with Crippen LogP contribution in [0.1, 0.15) is 0 Å². The van der Waals surface area contributed by atoms with E-state index in [0.717, 1.165) is 12.1 Å². The second kappa shape index (κ2) is 3.76. The summed E-state index contributed by atoms with van der Waals surface area (Å²) in [6.07, 6.45) is -4.77. The number of hydrogen-bond donors (Lipinski definition) is 0.